The Hall–Kier alpha value is -1.89. The number of anilines is 1. The minimum atomic E-state index is -0.315. The Bertz CT molecular complexity index is 520. The SMILES string of the molecule is COC(=O)c1ccc(NCc2cnnn2C)s1. The second kappa shape index (κ2) is 4.96. The maximum absolute atomic E-state index is 11.3. The summed E-state index contributed by atoms with van der Waals surface area (Å²) in [6.45, 7) is 0.616. The first kappa shape index (κ1) is 11.6. The maximum Gasteiger partial charge on any atom is 0.348 e. The first-order valence-corrected chi connectivity index (χ1v) is 5.78. The Balaban J connectivity index is 1.98. The van der Waals surface area contributed by atoms with Gasteiger partial charge in [-0.3, -0.25) is 4.68 Å². The predicted molar refractivity (Wildman–Crippen MR) is 64.0 cm³/mol. The summed E-state index contributed by atoms with van der Waals surface area (Å²) in [6.07, 6.45) is 1.70. The Labute approximate surface area is 102 Å². The monoisotopic (exact) mass is 252 g/mol. The molecule has 0 fully saturated rings. The molecule has 0 radical (unpaired) electrons. The number of thiophene rings is 1. The number of carbonyl (C=O) groups is 1. The van der Waals surface area contributed by atoms with Crippen molar-refractivity contribution in [2.45, 2.75) is 6.54 Å². The number of carbonyl (C=O) groups excluding carboxylic acids is 1. The number of nitrogens with zero attached hydrogens (tertiary/aromatic N) is 3. The lowest BCUT2D eigenvalue weighted by Crippen LogP contribution is -2.04. The van der Waals surface area contributed by atoms with Crippen molar-refractivity contribution in [2.24, 2.45) is 7.05 Å². The van der Waals surface area contributed by atoms with Crippen LogP contribution in [0.3, 0.4) is 0 Å². The molecule has 0 aliphatic rings. The average Bonchev–Trinajstić information content (AvgIpc) is 2.94. The largest absolute Gasteiger partial charge is 0.465 e. The van der Waals surface area contributed by atoms with Crippen molar-refractivity contribution in [3.05, 3.63) is 28.9 Å². The smallest absolute Gasteiger partial charge is 0.348 e. The van der Waals surface area contributed by atoms with Gasteiger partial charge in [0.1, 0.15) is 4.88 Å². The molecule has 0 unspecified atom stereocenters. The maximum atomic E-state index is 11.3. The lowest BCUT2D eigenvalue weighted by Gasteiger charge is -2.02. The number of aromatic nitrogens is 3. The highest BCUT2D eigenvalue weighted by Gasteiger charge is 2.09. The van der Waals surface area contributed by atoms with Crippen molar-refractivity contribution < 1.29 is 9.53 Å². The van der Waals surface area contributed by atoms with E-state index in [9.17, 15) is 4.79 Å². The van der Waals surface area contributed by atoms with Gasteiger partial charge in [-0.2, -0.15) is 0 Å². The number of rotatable bonds is 4. The quantitative estimate of drug-likeness (QED) is 0.830. The van der Waals surface area contributed by atoms with Crippen LogP contribution in [0.5, 0.6) is 0 Å². The van der Waals surface area contributed by atoms with Crippen LogP contribution in [0.1, 0.15) is 15.4 Å². The van der Waals surface area contributed by atoms with Crippen LogP contribution >= 0.6 is 11.3 Å². The molecule has 2 aromatic rings. The molecule has 2 rings (SSSR count). The number of ether oxygens (including phenoxy) is 1. The van der Waals surface area contributed by atoms with Gasteiger partial charge in [-0.05, 0) is 12.1 Å². The highest BCUT2D eigenvalue weighted by molar-refractivity contribution is 7.17. The summed E-state index contributed by atoms with van der Waals surface area (Å²) in [6, 6.07) is 3.58. The van der Waals surface area contributed by atoms with Crippen LogP contribution in [0.4, 0.5) is 5.00 Å². The van der Waals surface area contributed by atoms with Crippen molar-refractivity contribution in [1.29, 1.82) is 0 Å². The molecule has 0 saturated carbocycles. The van der Waals surface area contributed by atoms with Gasteiger partial charge in [0, 0.05) is 7.05 Å². The van der Waals surface area contributed by atoms with E-state index in [1.54, 1.807) is 16.9 Å². The molecular formula is C10H12N4O2S. The molecule has 2 heterocycles. The molecule has 0 spiro atoms. The molecule has 6 nitrogen and oxygen atoms in total. The third kappa shape index (κ3) is 2.62. The van der Waals surface area contributed by atoms with Crippen LogP contribution in [0, 0.1) is 0 Å². The molecule has 0 amide bonds. The summed E-state index contributed by atoms with van der Waals surface area (Å²) in [5.41, 5.74) is 0.970. The van der Waals surface area contributed by atoms with Gasteiger partial charge < -0.3 is 10.1 Å². The van der Waals surface area contributed by atoms with Gasteiger partial charge in [0.2, 0.25) is 0 Å². The Kier molecular flexibility index (Phi) is 3.38. The van der Waals surface area contributed by atoms with Crippen LogP contribution in [0.25, 0.3) is 0 Å². The van der Waals surface area contributed by atoms with Crippen molar-refractivity contribution >= 4 is 22.3 Å². The zero-order valence-corrected chi connectivity index (χ0v) is 10.3. The number of esters is 1. The summed E-state index contributed by atoms with van der Waals surface area (Å²) in [7, 11) is 3.20. The lowest BCUT2D eigenvalue weighted by molar-refractivity contribution is 0.0606. The van der Waals surface area contributed by atoms with Gasteiger partial charge in [-0.1, -0.05) is 5.21 Å². The third-order valence-electron chi connectivity index (χ3n) is 2.24. The van der Waals surface area contributed by atoms with Crippen molar-refractivity contribution in [3.8, 4) is 0 Å². The predicted octanol–water partition coefficient (Wildman–Crippen LogP) is 1.28. The van der Waals surface area contributed by atoms with E-state index in [-0.39, 0.29) is 5.97 Å². The Morgan fingerprint density at radius 3 is 3.06 bits per heavy atom. The van der Waals surface area contributed by atoms with Crippen LogP contribution < -0.4 is 5.32 Å². The molecule has 1 N–H and O–H groups in total. The zero-order valence-electron chi connectivity index (χ0n) is 9.51. The first-order valence-electron chi connectivity index (χ1n) is 4.96. The molecule has 0 saturated heterocycles. The summed E-state index contributed by atoms with van der Waals surface area (Å²) < 4.78 is 6.33. The second-order valence-electron chi connectivity index (χ2n) is 3.36. The fraction of sp³-hybridized carbons (Fsp3) is 0.300. The molecule has 0 aliphatic carbocycles. The highest BCUT2D eigenvalue weighted by atomic mass is 32.1. The molecule has 0 bridgehead atoms. The minimum absolute atomic E-state index is 0.315. The Morgan fingerprint density at radius 2 is 2.41 bits per heavy atom. The fourth-order valence-corrected chi connectivity index (χ4v) is 2.11. The second-order valence-corrected chi connectivity index (χ2v) is 4.44. The van der Waals surface area contributed by atoms with Gasteiger partial charge in [0.25, 0.3) is 0 Å². The van der Waals surface area contributed by atoms with Gasteiger partial charge in [-0.25, -0.2) is 4.79 Å². The van der Waals surface area contributed by atoms with Crippen LogP contribution in [-0.2, 0) is 18.3 Å². The highest BCUT2D eigenvalue weighted by Crippen LogP contribution is 2.22. The Morgan fingerprint density at radius 1 is 1.59 bits per heavy atom. The van der Waals surface area contributed by atoms with Crippen LogP contribution in [0.15, 0.2) is 18.3 Å². The van der Waals surface area contributed by atoms with E-state index in [2.05, 4.69) is 20.4 Å². The summed E-state index contributed by atoms with van der Waals surface area (Å²) in [5, 5.41) is 11.7. The van der Waals surface area contributed by atoms with Crippen molar-refractivity contribution in [2.75, 3.05) is 12.4 Å². The third-order valence-corrected chi connectivity index (χ3v) is 3.27. The zero-order chi connectivity index (χ0) is 12.3. The van der Waals surface area contributed by atoms with Crippen molar-refractivity contribution in [1.82, 2.24) is 15.0 Å². The molecule has 7 heteroatoms. The van der Waals surface area contributed by atoms with E-state index in [1.165, 1.54) is 18.4 Å². The number of aryl methyl sites for hydroxylation is 1. The van der Waals surface area contributed by atoms with E-state index in [4.69, 9.17) is 0 Å². The van der Waals surface area contributed by atoms with E-state index in [0.717, 1.165) is 10.7 Å². The van der Waals surface area contributed by atoms with Crippen LogP contribution in [0.2, 0.25) is 0 Å². The van der Waals surface area contributed by atoms with E-state index in [0.29, 0.717) is 11.4 Å². The standard InChI is InChI=1S/C10H12N4O2S/c1-14-7(6-12-13-14)5-11-9-4-3-8(17-9)10(15)16-2/h3-4,6,11H,5H2,1-2H3. The average molecular weight is 252 g/mol. The summed E-state index contributed by atoms with van der Waals surface area (Å²) >= 11 is 1.36. The topological polar surface area (TPSA) is 69.0 Å². The van der Waals surface area contributed by atoms with Crippen molar-refractivity contribution in [3.63, 3.8) is 0 Å². The van der Waals surface area contributed by atoms with E-state index >= 15 is 0 Å². The van der Waals surface area contributed by atoms with Gasteiger partial charge >= 0.3 is 5.97 Å². The first-order chi connectivity index (χ1) is 8.20. The number of hydrogen-bond donors (Lipinski definition) is 1. The van der Waals surface area contributed by atoms with E-state index in [1.807, 2.05) is 13.1 Å². The molecule has 0 aliphatic heterocycles. The minimum Gasteiger partial charge on any atom is -0.465 e. The van der Waals surface area contributed by atoms with Gasteiger partial charge in [0.15, 0.2) is 0 Å². The molecule has 0 atom stereocenters. The summed E-state index contributed by atoms with van der Waals surface area (Å²) in [5.74, 6) is -0.315. The van der Waals surface area contributed by atoms with Gasteiger partial charge in [-0.15, -0.1) is 16.4 Å². The lowest BCUT2D eigenvalue weighted by atomic mass is 10.4. The number of nitrogens with one attached hydrogen (secondary N) is 1. The van der Waals surface area contributed by atoms with E-state index < -0.39 is 0 Å². The van der Waals surface area contributed by atoms with Crippen LogP contribution in [-0.4, -0.2) is 28.1 Å². The fourth-order valence-electron chi connectivity index (χ4n) is 1.29. The molecule has 2 aromatic heterocycles. The molecular weight excluding hydrogens is 240 g/mol. The normalized spacial score (nSPS) is 10.2. The number of methoxy groups -OCH3 is 1. The number of hydrogen-bond acceptors (Lipinski definition) is 6. The summed E-state index contributed by atoms with van der Waals surface area (Å²) in [4.78, 5) is 11.8. The molecule has 17 heavy (non-hydrogen) atoms. The molecule has 0 aromatic carbocycles. The van der Waals surface area contributed by atoms with Gasteiger partial charge in [0.05, 0.1) is 30.5 Å². The molecule has 90 valence electrons.